The normalized spacial score (nSPS) is 11.4. The third-order valence-corrected chi connectivity index (χ3v) is 2.20. The van der Waals surface area contributed by atoms with Crippen molar-refractivity contribution in [3.8, 4) is 6.07 Å². The average molecular weight is 229 g/mol. The van der Waals surface area contributed by atoms with Crippen LogP contribution in [0.25, 0.3) is 0 Å². The first-order valence-electron chi connectivity index (χ1n) is 5.68. The standard InChI is InChI=1S/C12H23NO3/c1-12(2,11-13)5-4-6-15-9-10-16-8-7-14-3/h4-10H2,1-3H3. The monoisotopic (exact) mass is 229 g/mol. The van der Waals surface area contributed by atoms with Crippen LogP contribution in [0.15, 0.2) is 0 Å². The molecule has 0 N–H and O–H groups in total. The fourth-order valence-electron chi connectivity index (χ4n) is 1.14. The number of nitrogens with zero attached hydrogens (tertiary/aromatic N) is 1. The molecule has 0 rings (SSSR count). The van der Waals surface area contributed by atoms with E-state index in [1.54, 1.807) is 7.11 Å². The highest BCUT2D eigenvalue weighted by molar-refractivity contribution is 4.91. The minimum Gasteiger partial charge on any atom is -0.382 e. The van der Waals surface area contributed by atoms with E-state index in [2.05, 4.69) is 6.07 Å². The van der Waals surface area contributed by atoms with E-state index < -0.39 is 0 Å². The summed E-state index contributed by atoms with van der Waals surface area (Å²) < 4.78 is 15.5. The first-order valence-corrected chi connectivity index (χ1v) is 5.68. The number of hydrogen-bond acceptors (Lipinski definition) is 4. The van der Waals surface area contributed by atoms with Crippen molar-refractivity contribution in [3.63, 3.8) is 0 Å². The average Bonchev–Trinajstić information content (AvgIpc) is 2.27. The Bertz CT molecular complexity index is 199. The maximum atomic E-state index is 8.79. The summed E-state index contributed by atoms with van der Waals surface area (Å²) in [4.78, 5) is 0. The van der Waals surface area contributed by atoms with Crippen LogP contribution in [0.5, 0.6) is 0 Å². The Hall–Kier alpha value is -0.630. The van der Waals surface area contributed by atoms with Gasteiger partial charge in [0.2, 0.25) is 0 Å². The lowest BCUT2D eigenvalue weighted by Gasteiger charge is -2.14. The number of ether oxygens (including phenoxy) is 3. The smallest absolute Gasteiger partial charge is 0.0701 e. The van der Waals surface area contributed by atoms with Gasteiger partial charge in [-0.1, -0.05) is 0 Å². The van der Waals surface area contributed by atoms with Crippen molar-refractivity contribution in [2.45, 2.75) is 26.7 Å². The van der Waals surface area contributed by atoms with Crippen LogP contribution in [0, 0.1) is 16.7 Å². The van der Waals surface area contributed by atoms with Crippen LogP contribution in [-0.2, 0) is 14.2 Å². The molecule has 94 valence electrons. The van der Waals surface area contributed by atoms with Crippen LogP contribution >= 0.6 is 0 Å². The SMILES string of the molecule is COCCOCCOCCCC(C)(C)C#N. The van der Waals surface area contributed by atoms with Crippen molar-refractivity contribution < 1.29 is 14.2 Å². The molecule has 0 unspecified atom stereocenters. The summed E-state index contributed by atoms with van der Waals surface area (Å²) in [6.45, 7) is 7.03. The zero-order valence-corrected chi connectivity index (χ0v) is 10.6. The summed E-state index contributed by atoms with van der Waals surface area (Å²) in [5.74, 6) is 0. The zero-order valence-electron chi connectivity index (χ0n) is 10.6. The molecule has 0 fully saturated rings. The molecule has 0 atom stereocenters. The molecule has 0 aromatic rings. The van der Waals surface area contributed by atoms with Crippen molar-refractivity contribution in [2.24, 2.45) is 5.41 Å². The molecule has 16 heavy (non-hydrogen) atoms. The molecule has 0 radical (unpaired) electrons. The van der Waals surface area contributed by atoms with Gasteiger partial charge in [0.05, 0.1) is 37.9 Å². The van der Waals surface area contributed by atoms with Gasteiger partial charge in [-0.25, -0.2) is 0 Å². The van der Waals surface area contributed by atoms with E-state index in [0.717, 1.165) is 12.8 Å². The molecule has 4 heteroatoms. The van der Waals surface area contributed by atoms with Gasteiger partial charge >= 0.3 is 0 Å². The van der Waals surface area contributed by atoms with E-state index in [0.29, 0.717) is 33.0 Å². The Morgan fingerprint density at radius 2 is 1.56 bits per heavy atom. The molecule has 0 aromatic carbocycles. The topological polar surface area (TPSA) is 51.5 Å². The highest BCUT2D eigenvalue weighted by Crippen LogP contribution is 2.20. The summed E-state index contributed by atoms with van der Waals surface area (Å²) in [5, 5.41) is 8.79. The van der Waals surface area contributed by atoms with Crippen LogP contribution in [0.1, 0.15) is 26.7 Å². The molecule has 0 heterocycles. The minimum atomic E-state index is -0.238. The van der Waals surface area contributed by atoms with E-state index in [4.69, 9.17) is 19.5 Å². The first kappa shape index (κ1) is 15.4. The van der Waals surface area contributed by atoms with Gasteiger partial charge in [0.25, 0.3) is 0 Å². The predicted molar refractivity (Wildman–Crippen MR) is 62.1 cm³/mol. The molecule has 0 spiro atoms. The summed E-state index contributed by atoms with van der Waals surface area (Å²) >= 11 is 0. The van der Waals surface area contributed by atoms with Gasteiger partial charge in [0, 0.05) is 13.7 Å². The van der Waals surface area contributed by atoms with Gasteiger partial charge in [-0.2, -0.15) is 5.26 Å². The van der Waals surface area contributed by atoms with Crippen molar-refractivity contribution in [1.82, 2.24) is 0 Å². The van der Waals surface area contributed by atoms with Gasteiger partial charge in [-0.05, 0) is 26.7 Å². The van der Waals surface area contributed by atoms with Crippen LogP contribution in [0.4, 0.5) is 0 Å². The lowest BCUT2D eigenvalue weighted by atomic mass is 9.90. The van der Waals surface area contributed by atoms with E-state index in [-0.39, 0.29) is 5.41 Å². The highest BCUT2D eigenvalue weighted by atomic mass is 16.5. The van der Waals surface area contributed by atoms with Gasteiger partial charge < -0.3 is 14.2 Å². The second-order valence-corrected chi connectivity index (χ2v) is 4.32. The number of methoxy groups -OCH3 is 1. The molecule has 0 saturated carbocycles. The predicted octanol–water partition coefficient (Wildman–Crippen LogP) is 2.00. The second kappa shape index (κ2) is 9.59. The molecule has 0 saturated heterocycles. The quantitative estimate of drug-likeness (QED) is 0.538. The number of nitriles is 1. The number of rotatable bonds is 10. The third-order valence-electron chi connectivity index (χ3n) is 2.20. The molecule has 0 aliphatic heterocycles. The molecule has 0 amide bonds. The van der Waals surface area contributed by atoms with Gasteiger partial charge in [0.1, 0.15) is 0 Å². The Morgan fingerprint density at radius 1 is 1.00 bits per heavy atom. The zero-order chi connectivity index (χ0) is 12.3. The molecule has 4 nitrogen and oxygen atoms in total. The second-order valence-electron chi connectivity index (χ2n) is 4.32. The summed E-state index contributed by atoms with van der Waals surface area (Å²) in [5.41, 5.74) is -0.238. The maximum Gasteiger partial charge on any atom is 0.0701 e. The van der Waals surface area contributed by atoms with E-state index in [9.17, 15) is 0 Å². The van der Waals surface area contributed by atoms with Crippen LogP contribution < -0.4 is 0 Å². The molecule has 0 bridgehead atoms. The van der Waals surface area contributed by atoms with Gasteiger partial charge in [0.15, 0.2) is 0 Å². The Morgan fingerprint density at radius 3 is 2.12 bits per heavy atom. The fourth-order valence-corrected chi connectivity index (χ4v) is 1.14. The van der Waals surface area contributed by atoms with Crippen molar-refractivity contribution in [1.29, 1.82) is 5.26 Å². The molecular formula is C12H23NO3. The molecule has 0 aliphatic carbocycles. The van der Waals surface area contributed by atoms with Crippen molar-refractivity contribution in [2.75, 3.05) is 40.1 Å². The lowest BCUT2D eigenvalue weighted by molar-refractivity contribution is 0.0231. The molecule has 0 aromatic heterocycles. The largest absolute Gasteiger partial charge is 0.382 e. The lowest BCUT2D eigenvalue weighted by Crippen LogP contribution is -2.11. The molecular weight excluding hydrogens is 206 g/mol. The van der Waals surface area contributed by atoms with Crippen molar-refractivity contribution >= 4 is 0 Å². The van der Waals surface area contributed by atoms with E-state index >= 15 is 0 Å². The summed E-state index contributed by atoms with van der Waals surface area (Å²) in [6.07, 6.45) is 1.78. The third kappa shape index (κ3) is 9.91. The Balaban J connectivity index is 3.14. The number of hydrogen-bond donors (Lipinski definition) is 0. The van der Waals surface area contributed by atoms with Gasteiger partial charge in [-0.15, -0.1) is 0 Å². The van der Waals surface area contributed by atoms with Crippen LogP contribution in [0.3, 0.4) is 0 Å². The highest BCUT2D eigenvalue weighted by Gasteiger charge is 2.15. The summed E-state index contributed by atoms with van der Waals surface area (Å²) in [7, 11) is 1.65. The Kier molecular flexibility index (Phi) is 9.21. The minimum absolute atomic E-state index is 0.238. The summed E-state index contributed by atoms with van der Waals surface area (Å²) in [6, 6.07) is 2.27. The van der Waals surface area contributed by atoms with E-state index in [1.807, 2.05) is 13.8 Å². The van der Waals surface area contributed by atoms with Crippen molar-refractivity contribution in [3.05, 3.63) is 0 Å². The fraction of sp³-hybridized carbons (Fsp3) is 0.917. The first-order chi connectivity index (χ1) is 7.62. The Labute approximate surface area is 98.5 Å². The van der Waals surface area contributed by atoms with E-state index in [1.165, 1.54) is 0 Å². The van der Waals surface area contributed by atoms with Crippen LogP contribution in [0.2, 0.25) is 0 Å². The van der Waals surface area contributed by atoms with Gasteiger partial charge in [-0.3, -0.25) is 0 Å². The molecule has 0 aliphatic rings. The van der Waals surface area contributed by atoms with Crippen LogP contribution in [-0.4, -0.2) is 40.1 Å². The maximum absolute atomic E-state index is 8.79.